The molecule has 0 unspecified atom stereocenters. The number of carbonyl (C=O) groups excluding carboxylic acids is 2. The third kappa shape index (κ3) is 4.07. The summed E-state index contributed by atoms with van der Waals surface area (Å²) in [7, 11) is 1.94. The van der Waals surface area contributed by atoms with Gasteiger partial charge in [-0.3, -0.25) is 9.59 Å². The number of aryl methyl sites for hydroxylation is 1. The van der Waals surface area contributed by atoms with Gasteiger partial charge in [0.25, 0.3) is 5.91 Å². The van der Waals surface area contributed by atoms with E-state index in [1.54, 1.807) is 30.1 Å². The molecule has 2 aromatic carbocycles. The Kier molecular flexibility index (Phi) is 4.85. The van der Waals surface area contributed by atoms with E-state index in [1.165, 1.54) is 12.1 Å². The average molecular weight is 352 g/mol. The van der Waals surface area contributed by atoms with Crippen LogP contribution in [0.5, 0.6) is 0 Å². The van der Waals surface area contributed by atoms with Crippen molar-refractivity contribution < 1.29 is 9.59 Å². The smallest absolute Gasteiger partial charge is 0.255 e. The van der Waals surface area contributed by atoms with Crippen molar-refractivity contribution in [1.82, 2.24) is 9.55 Å². The molecule has 25 heavy (non-hydrogen) atoms. The number of primary amides is 1. The van der Waals surface area contributed by atoms with Crippen LogP contribution in [-0.2, 0) is 7.05 Å². The summed E-state index contributed by atoms with van der Waals surface area (Å²) in [5.41, 5.74) is 6.70. The fourth-order valence-electron chi connectivity index (χ4n) is 2.15. The number of hydrogen-bond donors (Lipinski definition) is 2. The molecule has 126 valence electrons. The lowest BCUT2D eigenvalue weighted by molar-refractivity contribution is 0.0995. The predicted molar refractivity (Wildman–Crippen MR) is 96.7 cm³/mol. The molecule has 3 aromatic rings. The summed E-state index contributed by atoms with van der Waals surface area (Å²) in [5.74, 6) is -0.770. The van der Waals surface area contributed by atoms with Gasteiger partial charge < -0.3 is 15.6 Å². The van der Waals surface area contributed by atoms with Crippen LogP contribution in [0, 0.1) is 0 Å². The first kappa shape index (κ1) is 16.8. The normalized spacial score (nSPS) is 10.4. The first-order chi connectivity index (χ1) is 12.0. The summed E-state index contributed by atoms with van der Waals surface area (Å²) in [6.45, 7) is 0. The molecule has 1 heterocycles. The highest BCUT2D eigenvalue weighted by molar-refractivity contribution is 7.99. The van der Waals surface area contributed by atoms with Crippen molar-refractivity contribution in [3.8, 4) is 0 Å². The van der Waals surface area contributed by atoms with E-state index in [9.17, 15) is 9.59 Å². The zero-order valence-electron chi connectivity index (χ0n) is 13.5. The van der Waals surface area contributed by atoms with Gasteiger partial charge >= 0.3 is 0 Å². The van der Waals surface area contributed by atoms with E-state index in [4.69, 9.17) is 5.73 Å². The molecule has 6 nitrogen and oxygen atoms in total. The number of nitrogens with two attached hydrogens (primary N) is 1. The van der Waals surface area contributed by atoms with Gasteiger partial charge in [-0.05, 0) is 48.5 Å². The topological polar surface area (TPSA) is 90.0 Å². The third-order valence-electron chi connectivity index (χ3n) is 3.53. The lowest BCUT2D eigenvalue weighted by Crippen LogP contribution is -2.14. The summed E-state index contributed by atoms with van der Waals surface area (Å²) < 4.78 is 1.94. The summed E-state index contributed by atoms with van der Waals surface area (Å²) >= 11 is 1.54. The quantitative estimate of drug-likeness (QED) is 0.739. The van der Waals surface area contributed by atoms with E-state index < -0.39 is 5.91 Å². The van der Waals surface area contributed by atoms with Gasteiger partial charge in [-0.15, -0.1) is 0 Å². The van der Waals surface area contributed by atoms with Crippen molar-refractivity contribution >= 4 is 29.3 Å². The van der Waals surface area contributed by atoms with Crippen LogP contribution in [0.4, 0.5) is 5.69 Å². The Labute approximate surface area is 149 Å². The van der Waals surface area contributed by atoms with Crippen LogP contribution in [0.3, 0.4) is 0 Å². The molecule has 0 atom stereocenters. The Balaban J connectivity index is 1.65. The van der Waals surface area contributed by atoms with Crippen LogP contribution in [-0.4, -0.2) is 21.4 Å². The van der Waals surface area contributed by atoms with Crippen LogP contribution >= 0.6 is 11.8 Å². The predicted octanol–water partition coefficient (Wildman–Crippen LogP) is 2.92. The number of amides is 2. The van der Waals surface area contributed by atoms with Gasteiger partial charge in [0.1, 0.15) is 0 Å². The summed E-state index contributed by atoms with van der Waals surface area (Å²) in [4.78, 5) is 28.6. The van der Waals surface area contributed by atoms with Gasteiger partial charge in [0.2, 0.25) is 5.91 Å². The molecule has 0 radical (unpaired) electrons. The van der Waals surface area contributed by atoms with Gasteiger partial charge in [0, 0.05) is 41.2 Å². The highest BCUT2D eigenvalue weighted by Crippen LogP contribution is 2.26. The van der Waals surface area contributed by atoms with Gasteiger partial charge in [-0.1, -0.05) is 11.8 Å². The maximum absolute atomic E-state index is 12.2. The first-order valence-electron chi connectivity index (χ1n) is 7.49. The molecule has 0 aliphatic carbocycles. The van der Waals surface area contributed by atoms with E-state index in [1.807, 2.05) is 42.1 Å². The Morgan fingerprint density at radius 1 is 1.04 bits per heavy atom. The molecule has 7 heteroatoms. The largest absolute Gasteiger partial charge is 0.366 e. The number of imidazole rings is 1. The van der Waals surface area contributed by atoms with Crippen LogP contribution < -0.4 is 11.1 Å². The molecule has 3 rings (SSSR count). The minimum atomic E-state index is -0.521. The fraction of sp³-hybridized carbons (Fsp3) is 0.0556. The Bertz CT molecular complexity index is 902. The molecular formula is C18H16N4O2S. The number of hydrogen-bond acceptors (Lipinski definition) is 4. The minimum Gasteiger partial charge on any atom is -0.366 e. The Hall–Kier alpha value is -3.06. The molecule has 0 spiro atoms. The Morgan fingerprint density at radius 2 is 1.68 bits per heavy atom. The molecule has 0 fully saturated rings. The zero-order valence-corrected chi connectivity index (χ0v) is 14.3. The van der Waals surface area contributed by atoms with Crippen LogP contribution in [0.25, 0.3) is 0 Å². The fourth-order valence-corrected chi connectivity index (χ4v) is 2.95. The second-order valence-corrected chi connectivity index (χ2v) is 6.38. The summed E-state index contributed by atoms with van der Waals surface area (Å²) in [6, 6.07) is 13.7. The van der Waals surface area contributed by atoms with E-state index in [2.05, 4.69) is 10.3 Å². The molecule has 3 N–H and O–H groups in total. The molecule has 0 aliphatic rings. The molecule has 2 amide bonds. The molecular weight excluding hydrogens is 336 g/mol. The van der Waals surface area contributed by atoms with Gasteiger partial charge in [0.15, 0.2) is 5.16 Å². The number of aromatic nitrogens is 2. The average Bonchev–Trinajstić information content (AvgIpc) is 3.01. The third-order valence-corrected chi connectivity index (χ3v) is 4.61. The van der Waals surface area contributed by atoms with Crippen LogP contribution in [0.15, 0.2) is 71.0 Å². The van der Waals surface area contributed by atoms with Gasteiger partial charge in [-0.25, -0.2) is 4.98 Å². The highest BCUT2D eigenvalue weighted by atomic mass is 32.2. The number of nitrogens with one attached hydrogen (secondary N) is 1. The van der Waals surface area contributed by atoms with Crippen molar-refractivity contribution in [2.45, 2.75) is 10.1 Å². The van der Waals surface area contributed by atoms with Crippen molar-refractivity contribution in [3.05, 3.63) is 72.1 Å². The maximum Gasteiger partial charge on any atom is 0.255 e. The van der Waals surface area contributed by atoms with E-state index in [0.29, 0.717) is 16.8 Å². The first-order valence-corrected chi connectivity index (χ1v) is 8.31. The summed E-state index contributed by atoms with van der Waals surface area (Å²) in [6.07, 6.45) is 3.64. The van der Waals surface area contributed by atoms with E-state index in [0.717, 1.165) is 10.1 Å². The highest BCUT2D eigenvalue weighted by Gasteiger charge is 2.08. The van der Waals surface area contributed by atoms with Crippen molar-refractivity contribution in [1.29, 1.82) is 0 Å². The number of nitrogens with zero attached hydrogens (tertiary/aromatic N) is 2. The number of anilines is 1. The molecule has 0 saturated heterocycles. The number of carbonyl (C=O) groups is 2. The van der Waals surface area contributed by atoms with Crippen LogP contribution in [0.1, 0.15) is 20.7 Å². The van der Waals surface area contributed by atoms with Gasteiger partial charge in [-0.2, -0.15) is 0 Å². The number of rotatable bonds is 5. The lowest BCUT2D eigenvalue weighted by Gasteiger charge is -2.07. The monoisotopic (exact) mass is 352 g/mol. The molecule has 0 bridgehead atoms. The summed E-state index contributed by atoms with van der Waals surface area (Å²) in [5, 5.41) is 3.71. The van der Waals surface area contributed by atoms with Gasteiger partial charge in [0.05, 0.1) is 0 Å². The van der Waals surface area contributed by atoms with E-state index >= 15 is 0 Å². The molecule has 0 saturated carbocycles. The Morgan fingerprint density at radius 3 is 2.24 bits per heavy atom. The standard InChI is InChI=1S/C18H16N4O2S/c1-22-11-10-20-18(22)25-15-8-6-14(7-9-15)21-17(24)13-4-2-12(3-5-13)16(19)23/h2-11H,1H3,(H2,19,23)(H,21,24). The van der Waals surface area contributed by atoms with Crippen LogP contribution in [0.2, 0.25) is 0 Å². The van der Waals surface area contributed by atoms with Crippen molar-refractivity contribution in [3.63, 3.8) is 0 Å². The number of benzene rings is 2. The SMILES string of the molecule is Cn1ccnc1Sc1ccc(NC(=O)c2ccc(C(N)=O)cc2)cc1. The lowest BCUT2D eigenvalue weighted by atomic mass is 10.1. The zero-order chi connectivity index (χ0) is 17.8. The second kappa shape index (κ2) is 7.23. The molecule has 1 aromatic heterocycles. The van der Waals surface area contributed by atoms with E-state index in [-0.39, 0.29) is 5.91 Å². The van der Waals surface area contributed by atoms with Crippen molar-refractivity contribution in [2.75, 3.05) is 5.32 Å². The maximum atomic E-state index is 12.2. The second-order valence-electron chi connectivity index (χ2n) is 5.34. The molecule has 0 aliphatic heterocycles. The minimum absolute atomic E-state index is 0.250. The van der Waals surface area contributed by atoms with Crippen molar-refractivity contribution in [2.24, 2.45) is 12.8 Å².